The molecule has 6 nitrogen and oxygen atoms in total. The smallest absolute Gasteiger partial charge is 0.317 e. The minimum Gasteiger partial charge on any atom is -0.480 e. The number of aliphatic hydroxyl groups excluding tert-OH is 1. The van der Waals surface area contributed by atoms with Gasteiger partial charge in [-0.25, -0.2) is 0 Å². The SMILES string of the molecule is CCCCCCCCCCCC(=O)NCCN(CCO)CC(=O)O.[Mg]. The molecule has 0 heterocycles. The van der Waals surface area contributed by atoms with Gasteiger partial charge in [-0.15, -0.1) is 0 Å². The number of carbonyl (C=O) groups is 2. The second kappa shape index (κ2) is 19.9. The minimum absolute atomic E-state index is 0. The summed E-state index contributed by atoms with van der Waals surface area (Å²) in [5.74, 6) is -0.901. The van der Waals surface area contributed by atoms with Crippen molar-refractivity contribution in [2.75, 3.05) is 32.8 Å². The van der Waals surface area contributed by atoms with E-state index in [1.54, 1.807) is 4.90 Å². The lowest BCUT2D eigenvalue weighted by atomic mass is 10.1. The molecule has 7 heteroatoms. The second-order valence-corrected chi connectivity index (χ2v) is 6.32. The summed E-state index contributed by atoms with van der Waals surface area (Å²) in [5, 5.41) is 20.5. The van der Waals surface area contributed by atoms with Gasteiger partial charge in [0.15, 0.2) is 0 Å². The van der Waals surface area contributed by atoms with E-state index in [0.717, 1.165) is 12.8 Å². The largest absolute Gasteiger partial charge is 0.480 e. The molecule has 1 amide bonds. The molecule has 0 bridgehead atoms. The Kier molecular flexibility index (Phi) is 21.4. The normalized spacial score (nSPS) is 10.5. The highest BCUT2D eigenvalue weighted by Gasteiger charge is 2.09. The van der Waals surface area contributed by atoms with Gasteiger partial charge in [0.1, 0.15) is 0 Å². The summed E-state index contributed by atoms with van der Waals surface area (Å²) < 4.78 is 0. The molecule has 0 aliphatic rings. The van der Waals surface area contributed by atoms with Crippen LogP contribution in [0.5, 0.6) is 0 Å². The molecule has 0 saturated carbocycles. The number of aliphatic hydroxyl groups is 1. The van der Waals surface area contributed by atoms with Gasteiger partial charge in [0.05, 0.1) is 13.2 Å². The molecule has 0 spiro atoms. The Morgan fingerprint density at radius 1 is 0.920 bits per heavy atom. The van der Waals surface area contributed by atoms with E-state index in [1.165, 1.54) is 44.9 Å². The van der Waals surface area contributed by atoms with E-state index in [9.17, 15) is 9.59 Å². The Bertz CT molecular complexity index is 330. The second-order valence-electron chi connectivity index (χ2n) is 6.32. The fraction of sp³-hybridized carbons (Fsp3) is 0.889. The quantitative estimate of drug-likeness (QED) is 0.270. The van der Waals surface area contributed by atoms with Crippen molar-refractivity contribution < 1.29 is 19.8 Å². The summed E-state index contributed by atoms with van der Waals surface area (Å²) in [4.78, 5) is 24.0. The van der Waals surface area contributed by atoms with Gasteiger partial charge in [-0.05, 0) is 6.42 Å². The number of carboxylic acids is 1. The molecular formula is C18H36MgN2O4. The molecule has 144 valence electrons. The standard InChI is InChI=1S/C18H36N2O4.Mg/c1-2-3-4-5-6-7-8-9-10-11-17(22)19-12-13-20(14-15-21)16-18(23)24;/h21H,2-16H2,1H3,(H,19,22)(H,23,24);. The number of carbonyl (C=O) groups excluding carboxylic acids is 1. The number of unbranched alkanes of at least 4 members (excludes halogenated alkanes) is 8. The predicted octanol–water partition coefficient (Wildman–Crippen LogP) is 2.02. The van der Waals surface area contributed by atoms with Crippen molar-refractivity contribution in [2.24, 2.45) is 0 Å². The molecule has 0 aromatic heterocycles. The molecule has 0 saturated heterocycles. The number of carboxylic acid groups (broad SMARTS) is 1. The van der Waals surface area contributed by atoms with E-state index < -0.39 is 5.97 Å². The third kappa shape index (κ3) is 19.8. The van der Waals surface area contributed by atoms with E-state index in [4.69, 9.17) is 10.2 Å². The van der Waals surface area contributed by atoms with Crippen LogP contribution in [0.2, 0.25) is 0 Å². The molecule has 0 aromatic carbocycles. The zero-order valence-electron chi connectivity index (χ0n) is 16.0. The van der Waals surface area contributed by atoms with E-state index in [0.29, 0.717) is 26.1 Å². The summed E-state index contributed by atoms with van der Waals surface area (Å²) in [6, 6.07) is 0. The van der Waals surface area contributed by atoms with Crippen LogP contribution in [0.4, 0.5) is 0 Å². The van der Waals surface area contributed by atoms with Crippen molar-refractivity contribution >= 4 is 34.9 Å². The van der Waals surface area contributed by atoms with Crippen LogP contribution >= 0.6 is 0 Å². The number of amides is 1. The van der Waals surface area contributed by atoms with Gasteiger partial charge in [0.2, 0.25) is 5.91 Å². The Hall–Kier alpha value is -0.374. The van der Waals surface area contributed by atoms with E-state index in [2.05, 4.69) is 12.2 Å². The Balaban J connectivity index is 0. The van der Waals surface area contributed by atoms with E-state index in [-0.39, 0.29) is 42.1 Å². The van der Waals surface area contributed by atoms with Gasteiger partial charge in [-0.2, -0.15) is 0 Å². The van der Waals surface area contributed by atoms with E-state index in [1.807, 2.05) is 0 Å². The molecule has 0 aromatic rings. The van der Waals surface area contributed by atoms with Crippen LogP contribution in [0, 0.1) is 0 Å². The molecule has 0 atom stereocenters. The lowest BCUT2D eigenvalue weighted by molar-refractivity contribution is -0.138. The van der Waals surface area contributed by atoms with Gasteiger partial charge in [0.25, 0.3) is 0 Å². The first-order chi connectivity index (χ1) is 11.6. The maximum Gasteiger partial charge on any atom is 0.317 e. The van der Waals surface area contributed by atoms with Crippen LogP contribution < -0.4 is 5.32 Å². The third-order valence-corrected chi connectivity index (χ3v) is 4.03. The van der Waals surface area contributed by atoms with Crippen LogP contribution in [0.25, 0.3) is 0 Å². The first-order valence-corrected chi connectivity index (χ1v) is 9.41. The zero-order valence-corrected chi connectivity index (χ0v) is 17.4. The van der Waals surface area contributed by atoms with Crippen molar-refractivity contribution in [3.8, 4) is 0 Å². The Morgan fingerprint density at radius 2 is 1.48 bits per heavy atom. The predicted molar refractivity (Wildman–Crippen MR) is 102 cm³/mol. The highest BCUT2D eigenvalue weighted by atomic mass is 24.3. The minimum atomic E-state index is -0.926. The number of hydrogen-bond acceptors (Lipinski definition) is 4. The van der Waals surface area contributed by atoms with Gasteiger partial charge >= 0.3 is 5.97 Å². The topological polar surface area (TPSA) is 89.9 Å². The maximum atomic E-state index is 11.7. The fourth-order valence-electron chi connectivity index (χ4n) is 2.64. The monoisotopic (exact) mass is 368 g/mol. The summed E-state index contributed by atoms with van der Waals surface area (Å²) in [7, 11) is 0. The van der Waals surface area contributed by atoms with Crippen LogP contribution in [0.15, 0.2) is 0 Å². The number of nitrogens with one attached hydrogen (secondary N) is 1. The summed E-state index contributed by atoms with van der Waals surface area (Å²) >= 11 is 0. The fourth-order valence-corrected chi connectivity index (χ4v) is 2.64. The maximum absolute atomic E-state index is 11.7. The molecule has 25 heavy (non-hydrogen) atoms. The van der Waals surface area contributed by atoms with Crippen molar-refractivity contribution in [2.45, 2.75) is 71.1 Å². The molecular weight excluding hydrogens is 333 g/mol. The van der Waals surface area contributed by atoms with Crippen molar-refractivity contribution in [3.05, 3.63) is 0 Å². The van der Waals surface area contributed by atoms with Gasteiger partial charge in [0, 0.05) is 49.1 Å². The van der Waals surface area contributed by atoms with E-state index >= 15 is 0 Å². The Labute approximate surface area is 168 Å². The van der Waals surface area contributed by atoms with Crippen molar-refractivity contribution in [1.82, 2.24) is 10.2 Å². The molecule has 0 unspecified atom stereocenters. The molecule has 2 radical (unpaired) electrons. The average Bonchev–Trinajstić information content (AvgIpc) is 2.53. The summed E-state index contributed by atoms with van der Waals surface area (Å²) in [5.41, 5.74) is 0. The van der Waals surface area contributed by atoms with Crippen LogP contribution in [0.3, 0.4) is 0 Å². The molecule has 3 N–H and O–H groups in total. The third-order valence-electron chi connectivity index (χ3n) is 4.03. The first kappa shape index (κ1) is 26.9. The first-order valence-electron chi connectivity index (χ1n) is 9.41. The highest BCUT2D eigenvalue weighted by Crippen LogP contribution is 2.10. The zero-order chi connectivity index (χ0) is 18.0. The Morgan fingerprint density at radius 3 is 2.00 bits per heavy atom. The molecule has 0 rings (SSSR count). The van der Waals surface area contributed by atoms with Crippen molar-refractivity contribution in [3.63, 3.8) is 0 Å². The van der Waals surface area contributed by atoms with Crippen molar-refractivity contribution in [1.29, 1.82) is 0 Å². The lowest BCUT2D eigenvalue weighted by Crippen LogP contribution is -2.39. The average molecular weight is 369 g/mol. The molecule has 0 aliphatic heterocycles. The number of hydrogen-bond donors (Lipinski definition) is 3. The number of aliphatic carboxylic acids is 1. The van der Waals surface area contributed by atoms with Gasteiger partial charge in [-0.1, -0.05) is 58.3 Å². The van der Waals surface area contributed by atoms with Crippen LogP contribution in [0.1, 0.15) is 71.1 Å². The van der Waals surface area contributed by atoms with Gasteiger partial charge in [-0.3, -0.25) is 14.5 Å². The summed E-state index contributed by atoms with van der Waals surface area (Å²) in [6.07, 6.45) is 11.6. The molecule has 0 aliphatic carbocycles. The highest BCUT2D eigenvalue weighted by molar-refractivity contribution is 5.76. The number of rotatable bonds is 17. The lowest BCUT2D eigenvalue weighted by Gasteiger charge is -2.19. The summed E-state index contributed by atoms with van der Waals surface area (Å²) in [6.45, 7) is 3.19. The van der Waals surface area contributed by atoms with Crippen LogP contribution in [-0.4, -0.2) is 82.8 Å². The van der Waals surface area contributed by atoms with Gasteiger partial charge < -0.3 is 15.5 Å². The van der Waals surface area contributed by atoms with Crippen LogP contribution in [-0.2, 0) is 9.59 Å². The molecule has 0 fully saturated rings. The number of nitrogens with zero attached hydrogens (tertiary/aromatic N) is 1.